The molecule has 0 spiro atoms. The number of hydrogen-bond donors (Lipinski definition) is 1. The number of rotatable bonds is 5. The van der Waals surface area contributed by atoms with E-state index in [1.165, 1.54) is 0 Å². The monoisotopic (exact) mass is 310 g/mol. The first-order valence-corrected chi connectivity index (χ1v) is 7.81. The lowest BCUT2D eigenvalue weighted by Crippen LogP contribution is -2.46. The van der Waals surface area contributed by atoms with E-state index in [9.17, 15) is 4.79 Å². The molecule has 1 aromatic carbocycles. The fraction of sp³-hybridized carbons (Fsp3) is 0.562. The number of ether oxygens (including phenoxy) is 1. The fourth-order valence-corrected chi connectivity index (χ4v) is 2.77. The van der Waals surface area contributed by atoms with Crippen LogP contribution in [0.2, 0.25) is 5.02 Å². The third kappa shape index (κ3) is 4.35. The zero-order chi connectivity index (χ0) is 15.2. The van der Waals surface area contributed by atoms with Crippen molar-refractivity contribution in [3.63, 3.8) is 0 Å². The minimum absolute atomic E-state index is 0.244. The highest BCUT2D eigenvalue weighted by Crippen LogP contribution is 2.27. The molecule has 21 heavy (non-hydrogen) atoms. The Morgan fingerprint density at radius 3 is 2.76 bits per heavy atom. The van der Waals surface area contributed by atoms with Crippen molar-refractivity contribution < 1.29 is 9.53 Å². The molecule has 1 aliphatic rings. The summed E-state index contributed by atoms with van der Waals surface area (Å²) in [6.07, 6.45) is 2.20. The topological polar surface area (TPSA) is 41.6 Å². The number of carbonyl (C=O) groups excluding carboxylic acids is 1. The Bertz CT molecular complexity index is 499. The normalized spacial score (nSPS) is 15.1. The zero-order valence-electron chi connectivity index (χ0n) is 12.7. The second-order valence-electron chi connectivity index (χ2n) is 5.40. The molecule has 1 heterocycles. The predicted molar refractivity (Wildman–Crippen MR) is 85.1 cm³/mol. The first-order chi connectivity index (χ1) is 10.1. The highest BCUT2D eigenvalue weighted by Gasteiger charge is 2.16. The summed E-state index contributed by atoms with van der Waals surface area (Å²) in [5.74, 6) is 1.10. The molecule has 1 fully saturated rings. The molecule has 1 aromatic rings. The van der Waals surface area contributed by atoms with Crippen molar-refractivity contribution in [2.24, 2.45) is 0 Å². The third-order valence-corrected chi connectivity index (χ3v) is 4.28. The van der Waals surface area contributed by atoms with Gasteiger partial charge in [-0.15, -0.1) is 0 Å². The molecule has 0 radical (unpaired) electrons. The van der Waals surface area contributed by atoms with Gasteiger partial charge in [0, 0.05) is 37.6 Å². The van der Waals surface area contributed by atoms with Crippen LogP contribution in [0.15, 0.2) is 12.1 Å². The molecule has 0 aromatic heterocycles. The van der Waals surface area contributed by atoms with Gasteiger partial charge in [-0.05, 0) is 43.0 Å². The van der Waals surface area contributed by atoms with Gasteiger partial charge < -0.3 is 15.0 Å². The molecule has 1 N–H and O–H groups in total. The molecule has 1 aliphatic heterocycles. The van der Waals surface area contributed by atoms with Crippen LogP contribution >= 0.6 is 11.6 Å². The van der Waals surface area contributed by atoms with Crippen LogP contribution in [0.5, 0.6) is 5.75 Å². The van der Waals surface area contributed by atoms with E-state index >= 15 is 0 Å². The van der Waals surface area contributed by atoms with Gasteiger partial charge in [-0.2, -0.15) is 0 Å². The molecule has 0 bridgehead atoms. The molecule has 5 heteroatoms. The SMILES string of the molecule is COc1cc(C)c(Cl)cc1CCCC(=O)N1CCNCC1. The number of hydrogen-bond acceptors (Lipinski definition) is 3. The van der Waals surface area contributed by atoms with Gasteiger partial charge in [-0.25, -0.2) is 0 Å². The number of nitrogens with one attached hydrogen (secondary N) is 1. The molecule has 0 unspecified atom stereocenters. The van der Waals surface area contributed by atoms with Crippen LogP contribution < -0.4 is 10.1 Å². The van der Waals surface area contributed by atoms with E-state index in [0.717, 1.165) is 60.9 Å². The summed E-state index contributed by atoms with van der Waals surface area (Å²) in [6.45, 7) is 5.39. The summed E-state index contributed by atoms with van der Waals surface area (Å²) >= 11 is 6.17. The number of aryl methyl sites for hydroxylation is 2. The Balaban J connectivity index is 1.88. The summed E-state index contributed by atoms with van der Waals surface area (Å²) in [6, 6.07) is 3.90. The maximum atomic E-state index is 12.1. The molecule has 0 atom stereocenters. The molecule has 0 aliphatic carbocycles. The largest absolute Gasteiger partial charge is 0.496 e. The Kier molecular flexibility index (Phi) is 5.88. The van der Waals surface area contributed by atoms with Crippen molar-refractivity contribution in [2.75, 3.05) is 33.3 Å². The number of carbonyl (C=O) groups is 1. The Morgan fingerprint density at radius 1 is 1.38 bits per heavy atom. The van der Waals surface area contributed by atoms with Gasteiger partial charge in [0.05, 0.1) is 7.11 Å². The minimum atomic E-state index is 0.244. The average molecular weight is 311 g/mol. The van der Waals surface area contributed by atoms with Gasteiger partial charge in [0.15, 0.2) is 0 Å². The molecule has 1 amide bonds. The third-order valence-electron chi connectivity index (χ3n) is 3.87. The highest BCUT2D eigenvalue weighted by atomic mass is 35.5. The molecular formula is C16H23ClN2O2. The summed E-state index contributed by atoms with van der Waals surface area (Å²) in [5.41, 5.74) is 2.08. The summed E-state index contributed by atoms with van der Waals surface area (Å²) in [7, 11) is 1.66. The van der Waals surface area contributed by atoms with E-state index in [1.807, 2.05) is 24.0 Å². The number of methoxy groups -OCH3 is 1. The first kappa shape index (κ1) is 16.1. The van der Waals surface area contributed by atoms with Gasteiger partial charge in [0.1, 0.15) is 5.75 Å². The number of piperazine rings is 1. The van der Waals surface area contributed by atoms with E-state index < -0.39 is 0 Å². The van der Waals surface area contributed by atoms with Crippen molar-refractivity contribution in [1.82, 2.24) is 10.2 Å². The summed E-state index contributed by atoms with van der Waals surface area (Å²) in [4.78, 5) is 14.0. The number of halogens is 1. The van der Waals surface area contributed by atoms with Crippen LogP contribution in [-0.4, -0.2) is 44.1 Å². The maximum Gasteiger partial charge on any atom is 0.222 e. The van der Waals surface area contributed by atoms with E-state index in [4.69, 9.17) is 16.3 Å². The van der Waals surface area contributed by atoms with Crippen molar-refractivity contribution in [1.29, 1.82) is 0 Å². The summed E-state index contributed by atoms with van der Waals surface area (Å²) in [5, 5.41) is 4.00. The maximum absolute atomic E-state index is 12.1. The number of amides is 1. The average Bonchev–Trinajstić information content (AvgIpc) is 2.51. The Hall–Kier alpha value is -1.26. The van der Waals surface area contributed by atoms with Gasteiger partial charge >= 0.3 is 0 Å². The van der Waals surface area contributed by atoms with Crippen molar-refractivity contribution in [2.45, 2.75) is 26.2 Å². The van der Waals surface area contributed by atoms with Crippen LogP contribution in [0.1, 0.15) is 24.0 Å². The zero-order valence-corrected chi connectivity index (χ0v) is 13.5. The lowest BCUT2D eigenvalue weighted by Gasteiger charge is -2.27. The second kappa shape index (κ2) is 7.66. The molecule has 2 rings (SSSR count). The fourth-order valence-electron chi connectivity index (χ4n) is 2.58. The molecule has 1 saturated heterocycles. The summed E-state index contributed by atoms with van der Waals surface area (Å²) < 4.78 is 5.39. The van der Waals surface area contributed by atoms with E-state index in [0.29, 0.717) is 6.42 Å². The standard InChI is InChI=1S/C16H23ClN2O2/c1-12-10-15(21-2)13(11-14(12)17)4-3-5-16(20)19-8-6-18-7-9-19/h10-11,18H,3-9H2,1-2H3. The predicted octanol–water partition coefficient (Wildman–Crippen LogP) is 2.41. The van der Waals surface area contributed by atoms with Gasteiger partial charge in [-0.1, -0.05) is 11.6 Å². The van der Waals surface area contributed by atoms with Gasteiger partial charge in [-0.3, -0.25) is 4.79 Å². The van der Waals surface area contributed by atoms with E-state index in [2.05, 4.69) is 5.32 Å². The molecule has 4 nitrogen and oxygen atoms in total. The Labute approximate surface area is 131 Å². The van der Waals surface area contributed by atoms with E-state index in [-0.39, 0.29) is 5.91 Å². The highest BCUT2D eigenvalue weighted by molar-refractivity contribution is 6.31. The molecular weight excluding hydrogens is 288 g/mol. The smallest absolute Gasteiger partial charge is 0.222 e. The number of benzene rings is 1. The van der Waals surface area contributed by atoms with Crippen LogP contribution in [-0.2, 0) is 11.2 Å². The molecule has 116 valence electrons. The van der Waals surface area contributed by atoms with Gasteiger partial charge in [0.2, 0.25) is 5.91 Å². The van der Waals surface area contributed by atoms with Gasteiger partial charge in [0.25, 0.3) is 0 Å². The van der Waals surface area contributed by atoms with Crippen LogP contribution in [0.3, 0.4) is 0 Å². The molecule has 0 saturated carbocycles. The van der Waals surface area contributed by atoms with Crippen LogP contribution in [0, 0.1) is 6.92 Å². The minimum Gasteiger partial charge on any atom is -0.496 e. The van der Waals surface area contributed by atoms with Crippen LogP contribution in [0.25, 0.3) is 0 Å². The lowest BCUT2D eigenvalue weighted by atomic mass is 10.0. The van der Waals surface area contributed by atoms with Crippen molar-refractivity contribution in [3.05, 3.63) is 28.3 Å². The van der Waals surface area contributed by atoms with Crippen molar-refractivity contribution in [3.8, 4) is 5.75 Å². The number of nitrogens with zero attached hydrogens (tertiary/aromatic N) is 1. The van der Waals surface area contributed by atoms with Crippen molar-refractivity contribution >= 4 is 17.5 Å². The van der Waals surface area contributed by atoms with E-state index in [1.54, 1.807) is 7.11 Å². The first-order valence-electron chi connectivity index (χ1n) is 7.43. The second-order valence-corrected chi connectivity index (χ2v) is 5.80. The lowest BCUT2D eigenvalue weighted by molar-refractivity contribution is -0.131. The Morgan fingerprint density at radius 2 is 2.10 bits per heavy atom. The quantitative estimate of drug-likeness (QED) is 0.908. The van der Waals surface area contributed by atoms with Crippen LogP contribution in [0.4, 0.5) is 0 Å².